The Bertz CT molecular complexity index is 1350. The van der Waals surface area contributed by atoms with Gasteiger partial charge in [-0.2, -0.15) is 4.80 Å². The number of nitrogens with two attached hydrogens (primary N) is 1. The van der Waals surface area contributed by atoms with Gasteiger partial charge in [-0.05, 0) is 30.3 Å². The van der Waals surface area contributed by atoms with Crippen molar-refractivity contribution in [3.63, 3.8) is 0 Å². The van der Waals surface area contributed by atoms with Crippen molar-refractivity contribution in [1.29, 1.82) is 0 Å². The Morgan fingerprint density at radius 3 is 2.36 bits per heavy atom. The summed E-state index contributed by atoms with van der Waals surface area (Å²) in [6, 6.07) is 15.5. The first-order chi connectivity index (χ1) is 13.5. The second-order valence-electron chi connectivity index (χ2n) is 6.27. The molecule has 0 aliphatic carbocycles. The summed E-state index contributed by atoms with van der Waals surface area (Å²) in [5.41, 5.74) is 7.93. The Balaban J connectivity index is 1.69. The summed E-state index contributed by atoms with van der Waals surface area (Å²) < 4.78 is 1.18. The molecule has 28 heavy (non-hydrogen) atoms. The summed E-state index contributed by atoms with van der Waals surface area (Å²) >= 11 is 0. The lowest BCUT2D eigenvalue weighted by molar-refractivity contribution is 0.0880. The van der Waals surface area contributed by atoms with Crippen LogP contribution in [0, 0.1) is 0 Å². The molecule has 9 heteroatoms. The van der Waals surface area contributed by atoms with Crippen molar-refractivity contribution >= 4 is 28.7 Å². The largest absolute Gasteiger partial charge is 0.384 e. The van der Waals surface area contributed by atoms with Crippen molar-refractivity contribution in [3.8, 4) is 11.4 Å². The maximum absolute atomic E-state index is 12.6. The van der Waals surface area contributed by atoms with Crippen molar-refractivity contribution < 1.29 is 9.59 Å². The van der Waals surface area contributed by atoms with Crippen molar-refractivity contribution in [2.24, 2.45) is 0 Å². The smallest absolute Gasteiger partial charge is 0.262 e. The minimum atomic E-state index is -0.628. The number of carbonyl (C=O) groups excluding carboxylic acids is 2. The highest BCUT2D eigenvalue weighted by molar-refractivity contribution is 6.23. The zero-order valence-electron chi connectivity index (χ0n) is 14.3. The molecule has 5 rings (SSSR count). The number of nitrogens with one attached hydrogen (secondary N) is 1. The van der Waals surface area contributed by atoms with Gasteiger partial charge >= 0.3 is 0 Å². The first-order valence-electron chi connectivity index (χ1n) is 8.37. The van der Waals surface area contributed by atoms with E-state index in [1.807, 2.05) is 30.3 Å². The molecule has 0 saturated carbocycles. The van der Waals surface area contributed by atoms with Crippen LogP contribution >= 0.6 is 0 Å². The van der Waals surface area contributed by atoms with E-state index in [0.717, 1.165) is 11.8 Å². The van der Waals surface area contributed by atoms with E-state index in [-0.39, 0.29) is 16.9 Å². The first kappa shape index (κ1) is 15.9. The Kier molecular flexibility index (Phi) is 3.20. The Morgan fingerprint density at radius 1 is 0.821 bits per heavy atom. The van der Waals surface area contributed by atoms with Gasteiger partial charge in [-0.15, -0.1) is 10.2 Å². The van der Waals surface area contributed by atoms with Gasteiger partial charge in [-0.25, -0.2) is 0 Å². The number of nitrogen functional groups attached to an aromatic ring is 1. The van der Waals surface area contributed by atoms with Crippen LogP contribution in [0.25, 0.3) is 22.4 Å². The van der Waals surface area contributed by atoms with Crippen LogP contribution in [0.15, 0.2) is 59.4 Å². The predicted octanol–water partition coefficient (Wildman–Crippen LogP) is 1.04. The molecule has 136 valence electrons. The van der Waals surface area contributed by atoms with Gasteiger partial charge in [0.15, 0.2) is 0 Å². The average Bonchev–Trinajstić information content (AvgIpc) is 3.23. The molecule has 0 bridgehead atoms. The van der Waals surface area contributed by atoms with Crippen LogP contribution in [0.4, 0.5) is 5.82 Å². The number of rotatable bonds is 2. The van der Waals surface area contributed by atoms with Crippen LogP contribution in [-0.4, -0.2) is 31.4 Å². The van der Waals surface area contributed by atoms with Crippen LogP contribution in [0.3, 0.4) is 0 Å². The Morgan fingerprint density at radius 2 is 1.57 bits per heavy atom. The molecule has 0 spiro atoms. The fraction of sp³-hybridized carbons (Fsp3) is 0. The summed E-state index contributed by atoms with van der Waals surface area (Å²) in [5.74, 6) is -1.35. The van der Waals surface area contributed by atoms with E-state index in [1.165, 1.54) is 9.36 Å². The van der Waals surface area contributed by atoms with E-state index < -0.39 is 17.4 Å². The summed E-state index contributed by atoms with van der Waals surface area (Å²) in [7, 11) is 0. The number of anilines is 1. The zero-order valence-corrected chi connectivity index (χ0v) is 14.3. The van der Waals surface area contributed by atoms with Gasteiger partial charge < -0.3 is 5.73 Å². The fourth-order valence-corrected chi connectivity index (χ4v) is 3.26. The maximum Gasteiger partial charge on any atom is 0.262 e. The van der Waals surface area contributed by atoms with Crippen molar-refractivity contribution in [2.75, 3.05) is 5.73 Å². The number of para-hydroxylation sites is 1. The quantitative estimate of drug-likeness (QED) is 0.507. The molecule has 2 aromatic carbocycles. The van der Waals surface area contributed by atoms with Crippen LogP contribution in [0.1, 0.15) is 20.7 Å². The SMILES string of the molecule is Nc1c2c(cc(=O)n1-c1ccc3nn(-c4ccccc4)nc3c1)C(=O)NC2=O. The molecule has 2 aromatic heterocycles. The van der Waals surface area contributed by atoms with E-state index in [9.17, 15) is 14.4 Å². The number of nitrogens with zero attached hydrogens (tertiary/aromatic N) is 4. The highest BCUT2D eigenvalue weighted by atomic mass is 16.2. The molecule has 9 nitrogen and oxygen atoms in total. The Hall–Kier alpha value is -4.27. The van der Waals surface area contributed by atoms with Gasteiger partial charge in [0, 0.05) is 6.07 Å². The van der Waals surface area contributed by atoms with Crippen LogP contribution in [0.2, 0.25) is 0 Å². The van der Waals surface area contributed by atoms with Gasteiger partial charge in [0.05, 0.1) is 22.5 Å². The highest BCUT2D eigenvalue weighted by Gasteiger charge is 2.31. The number of benzene rings is 2. The number of aromatic nitrogens is 4. The second-order valence-corrected chi connectivity index (χ2v) is 6.27. The van der Waals surface area contributed by atoms with Crippen molar-refractivity contribution in [1.82, 2.24) is 24.9 Å². The number of hydrogen-bond donors (Lipinski definition) is 2. The topological polar surface area (TPSA) is 125 Å². The summed E-state index contributed by atoms with van der Waals surface area (Å²) in [5, 5.41) is 11.0. The standard InChI is InChI=1S/C19H12N6O3/c20-17-16-12(18(27)21-19(16)28)9-15(26)24(17)11-6-7-13-14(8-11)23-25(22-13)10-4-2-1-3-5-10/h1-9H,20H2,(H,21,27,28). The van der Waals surface area contributed by atoms with E-state index in [0.29, 0.717) is 16.7 Å². The van der Waals surface area contributed by atoms with E-state index >= 15 is 0 Å². The third-order valence-corrected chi connectivity index (χ3v) is 4.56. The third kappa shape index (κ3) is 2.23. The van der Waals surface area contributed by atoms with Crippen LogP contribution < -0.4 is 16.6 Å². The molecule has 4 aromatic rings. The molecule has 2 amide bonds. The second kappa shape index (κ2) is 5.61. The van der Waals surface area contributed by atoms with Gasteiger partial charge in [0.25, 0.3) is 17.4 Å². The van der Waals surface area contributed by atoms with Crippen LogP contribution in [0.5, 0.6) is 0 Å². The number of pyridine rings is 1. The molecule has 0 saturated heterocycles. The monoisotopic (exact) mass is 372 g/mol. The predicted molar refractivity (Wildman–Crippen MR) is 101 cm³/mol. The molecule has 0 fully saturated rings. The molecule has 3 heterocycles. The lowest BCUT2D eigenvalue weighted by atomic mass is 10.1. The minimum Gasteiger partial charge on any atom is -0.384 e. The summed E-state index contributed by atoms with van der Waals surface area (Å²) in [4.78, 5) is 37.9. The molecule has 0 unspecified atom stereocenters. The van der Waals surface area contributed by atoms with Crippen molar-refractivity contribution in [3.05, 3.63) is 76.1 Å². The molecular weight excluding hydrogens is 360 g/mol. The lowest BCUT2D eigenvalue weighted by Crippen LogP contribution is -2.24. The van der Waals surface area contributed by atoms with Gasteiger partial charge in [0.1, 0.15) is 16.9 Å². The van der Waals surface area contributed by atoms with Gasteiger partial charge in [-0.1, -0.05) is 18.2 Å². The van der Waals surface area contributed by atoms with Crippen LogP contribution in [-0.2, 0) is 0 Å². The maximum atomic E-state index is 12.6. The number of hydrogen-bond acceptors (Lipinski definition) is 6. The Labute approximate surface area is 157 Å². The third-order valence-electron chi connectivity index (χ3n) is 4.56. The van der Waals surface area contributed by atoms with E-state index in [2.05, 4.69) is 15.5 Å². The zero-order chi connectivity index (χ0) is 19.4. The molecular formula is C19H12N6O3. The van der Waals surface area contributed by atoms with Gasteiger partial charge in [-0.3, -0.25) is 24.3 Å². The van der Waals surface area contributed by atoms with Crippen molar-refractivity contribution in [2.45, 2.75) is 0 Å². The van der Waals surface area contributed by atoms with E-state index in [4.69, 9.17) is 5.73 Å². The minimum absolute atomic E-state index is 0.00219. The van der Waals surface area contributed by atoms with E-state index in [1.54, 1.807) is 18.2 Å². The number of imide groups is 1. The fourth-order valence-electron chi connectivity index (χ4n) is 3.26. The summed E-state index contributed by atoms with van der Waals surface area (Å²) in [6.07, 6.45) is 0. The molecule has 3 N–H and O–H groups in total. The number of fused-ring (bicyclic) bond motifs is 2. The molecule has 0 atom stereocenters. The normalized spacial score (nSPS) is 13.0. The average molecular weight is 372 g/mol. The number of amides is 2. The summed E-state index contributed by atoms with van der Waals surface area (Å²) in [6.45, 7) is 0. The number of carbonyl (C=O) groups is 2. The molecule has 1 aliphatic heterocycles. The lowest BCUT2D eigenvalue weighted by Gasteiger charge is -2.11. The highest BCUT2D eigenvalue weighted by Crippen LogP contribution is 2.24. The first-order valence-corrected chi connectivity index (χ1v) is 8.37. The molecule has 1 aliphatic rings. The molecule has 0 radical (unpaired) electrons. The van der Waals surface area contributed by atoms with Gasteiger partial charge in [0.2, 0.25) is 0 Å².